The molecule has 1 heterocycles. The van der Waals surface area contributed by atoms with Crippen LogP contribution in [0.1, 0.15) is 23.0 Å². The fourth-order valence-electron chi connectivity index (χ4n) is 2.48. The molecule has 27 heavy (non-hydrogen) atoms. The zero-order chi connectivity index (χ0) is 19.1. The maximum Gasteiger partial charge on any atom is 0.330 e. The van der Waals surface area contributed by atoms with Crippen LogP contribution in [-0.4, -0.2) is 28.0 Å². The van der Waals surface area contributed by atoms with Crippen molar-refractivity contribution in [2.45, 2.75) is 6.92 Å². The molecule has 6 nitrogen and oxygen atoms in total. The van der Waals surface area contributed by atoms with Gasteiger partial charge in [-0.15, -0.1) is 0 Å². The van der Waals surface area contributed by atoms with Gasteiger partial charge in [-0.1, -0.05) is 30.3 Å². The molecule has 0 unspecified atom stereocenters. The molecule has 0 atom stereocenters. The summed E-state index contributed by atoms with van der Waals surface area (Å²) < 4.78 is 6.57. The highest BCUT2D eigenvalue weighted by atomic mass is 16.5. The summed E-state index contributed by atoms with van der Waals surface area (Å²) in [6.45, 7) is 2.10. The molecule has 0 saturated carbocycles. The van der Waals surface area contributed by atoms with E-state index in [1.54, 1.807) is 48.2 Å². The molecule has 0 spiro atoms. The van der Waals surface area contributed by atoms with E-state index < -0.39 is 0 Å². The van der Waals surface area contributed by atoms with Crippen molar-refractivity contribution in [2.75, 3.05) is 11.9 Å². The summed E-state index contributed by atoms with van der Waals surface area (Å²) in [5.74, 6) is -0.643. The molecule has 1 amide bonds. The number of hydrogen-bond acceptors (Lipinski definition) is 4. The number of esters is 1. The van der Waals surface area contributed by atoms with Crippen LogP contribution in [0.25, 0.3) is 11.8 Å². The van der Waals surface area contributed by atoms with Crippen LogP contribution in [0.3, 0.4) is 0 Å². The molecule has 0 fully saturated rings. The first-order valence-electron chi connectivity index (χ1n) is 8.51. The summed E-state index contributed by atoms with van der Waals surface area (Å²) in [5, 5.41) is 2.85. The average molecular weight is 361 g/mol. The number of para-hydroxylation sites is 1. The lowest BCUT2D eigenvalue weighted by molar-refractivity contribution is -0.137. The first-order chi connectivity index (χ1) is 13.2. The highest BCUT2D eigenvalue weighted by molar-refractivity contribution is 6.03. The van der Waals surface area contributed by atoms with Crippen LogP contribution < -0.4 is 5.32 Å². The summed E-state index contributed by atoms with van der Waals surface area (Å²) in [5.41, 5.74) is 2.77. The van der Waals surface area contributed by atoms with Crippen LogP contribution in [0.15, 0.2) is 73.2 Å². The molecular weight excluding hydrogens is 342 g/mol. The Morgan fingerprint density at radius 2 is 1.85 bits per heavy atom. The van der Waals surface area contributed by atoms with E-state index in [0.717, 1.165) is 11.3 Å². The van der Waals surface area contributed by atoms with Gasteiger partial charge in [-0.05, 0) is 42.8 Å². The van der Waals surface area contributed by atoms with Gasteiger partial charge in [-0.3, -0.25) is 9.36 Å². The lowest BCUT2D eigenvalue weighted by Gasteiger charge is -2.09. The van der Waals surface area contributed by atoms with Gasteiger partial charge in [0.2, 0.25) is 0 Å². The van der Waals surface area contributed by atoms with Gasteiger partial charge < -0.3 is 10.1 Å². The third-order valence-corrected chi connectivity index (χ3v) is 3.77. The summed E-state index contributed by atoms with van der Waals surface area (Å²) >= 11 is 0. The van der Waals surface area contributed by atoms with Crippen LogP contribution >= 0.6 is 0 Å². The van der Waals surface area contributed by atoms with Crippen LogP contribution in [0.4, 0.5) is 5.69 Å². The van der Waals surface area contributed by atoms with Crippen molar-refractivity contribution in [1.82, 2.24) is 9.55 Å². The van der Waals surface area contributed by atoms with Crippen molar-refractivity contribution in [2.24, 2.45) is 0 Å². The Hall–Kier alpha value is -3.67. The minimum absolute atomic E-state index is 0.258. The molecule has 3 rings (SSSR count). The first kappa shape index (κ1) is 18.1. The molecule has 0 bridgehead atoms. The van der Waals surface area contributed by atoms with E-state index in [2.05, 4.69) is 10.3 Å². The third kappa shape index (κ3) is 4.70. The van der Waals surface area contributed by atoms with E-state index in [9.17, 15) is 9.59 Å². The van der Waals surface area contributed by atoms with Crippen LogP contribution in [0.5, 0.6) is 0 Å². The van der Waals surface area contributed by atoms with Gasteiger partial charge in [0.15, 0.2) is 0 Å². The Balaban J connectivity index is 1.69. The van der Waals surface area contributed by atoms with E-state index in [0.29, 0.717) is 18.0 Å². The lowest BCUT2D eigenvalue weighted by atomic mass is 10.2. The highest BCUT2D eigenvalue weighted by Gasteiger charge is 2.13. The Morgan fingerprint density at radius 3 is 2.56 bits per heavy atom. The van der Waals surface area contributed by atoms with Crippen molar-refractivity contribution >= 4 is 23.6 Å². The Labute approximate surface area is 157 Å². The van der Waals surface area contributed by atoms with Crippen molar-refractivity contribution in [3.05, 3.63) is 84.5 Å². The van der Waals surface area contributed by atoms with Gasteiger partial charge in [-0.25, -0.2) is 9.78 Å². The second kappa shape index (κ2) is 8.62. The van der Waals surface area contributed by atoms with Crippen molar-refractivity contribution in [3.63, 3.8) is 0 Å². The number of ether oxygens (including phenoxy) is 1. The maximum atomic E-state index is 12.6. The normalized spacial score (nSPS) is 10.7. The molecule has 1 N–H and O–H groups in total. The predicted molar refractivity (Wildman–Crippen MR) is 104 cm³/mol. The van der Waals surface area contributed by atoms with Crippen LogP contribution in [0.2, 0.25) is 0 Å². The fraction of sp³-hybridized carbons (Fsp3) is 0.0952. The SMILES string of the molecule is CCOC(=O)/C=C/c1ccc(NC(=O)c2cncn2-c2ccccc2)cc1. The topological polar surface area (TPSA) is 73.2 Å². The number of hydrogen-bond donors (Lipinski definition) is 1. The van der Waals surface area contributed by atoms with Gasteiger partial charge in [0.25, 0.3) is 5.91 Å². The van der Waals surface area contributed by atoms with Gasteiger partial charge >= 0.3 is 5.97 Å². The number of carbonyl (C=O) groups excluding carboxylic acids is 2. The molecule has 3 aromatic rings. The van der Waals surface area contributed by atoms with Gasteiger partial charge in [0.1, 0.15) is 5.69 Å². The molecule has 6 heteroatoms. The highest BCUT2D eigenvalue weighted by Crippen LogP contribution is 2.15. The minimum Gasteiger partial charge on any atom is -0.463 e. The quantitative estimate of drug-likeness (QED) is 0.537. The number of carbonyl (C=O) groups is 2. The Morgan fingerprint density at radius 1 is 1.11 bits per heavy atom. The first-order valence-corrected chi connectivity index (χ1v) is 8.51. The molecule has 0 aliphatic heterocycles. The fourth-order valence-corrected chi connectivity index (χ4v) is 2.48. The Kier molecular flexibility index (Phi) is 5.79. The minimum atomic E-state index is -0.385. The number of anilines is 1. The second-order valence-corrected chi connectivity index (χ2v) is 5.65. The van der Waals surface area contributed by atoms with Crippen LogP contribution in [0, 0.1) is 0 Å². The van der Waals surface area contributed by atoms with E-state index in [-0.39, 0.29) is 11.9 Å². The number of rotatable bonds is 6. The van der Waals surface area contributed by atoms with Crippen molar-refractivity contribution < 1.29 is 14.3 Å². The number of nitrogens with one attached hydrogen (secondary N) is 1. The lowest BCUT2D eigenvalue weighted by Crippen LogP contribution is -2.16. The van der Waals surface area contributed by atoms with E-state index in [4.69, 9.17) is 4.74 Å². The largest absolute Gasteiger partial charge is 0.463 e. The summed E-state index contributed by atoms with van der Waals surface area (Å²) in [4.78, 5) is 28.0. The van der Waals surface area contributed by atoms with Gasteiger partial charge in [-0.2, -0.15) is 0 Å². The Bertz CT molecular complexity index is 944. The average Bonchev–Trinajstić information content (AvgIpc) is 3.18. The number of aromatic nitrogens is 2. The second-order valence-electron chi connectivity index (χ2n) is 5.65. The zero-order valence-electron chi connectivity index (χ0n) is 14.8. The number of nitrogens with zero attached hydrogens (tertiary/aromatic N) is 2. The molecule has 136 valence electrons. The third-order valence-electron chi connectivity index (χ3n) is 3.77. The van der Waals surface area contributed by atoms with E-state index in [1.165, 1.54) is 12.3 Å². The molecule has 1 aromatic heterocycles. The maximum absolute atomic E-state index is 12.6. The van der Waals surface area contributed by atoms with Gasteiger partial charge in [0.05, 0.1) is 19.1 Å². The molecule has 0 radical (unpaired) electrons. The summed E-state index contributed by atoms with van der Waals surface area (Å²) in [6.07, 6.45) is 6.16. The van der Waals surface area contributed by atoms with Crippen molar-refractivity contribution in [1.29, 1.82) is 0 Å². The number of imidazole rings is 1. The molecule has 0 aliphatic carbocycles. The molecular formula is C21H19N3O3. The molecule has 2 aromatic carbocycles. The summed E-state index contributed by atoms with van der Waals surface area (Å²) in [6, 6.07) is 16.7. The van der Waals surface area contributed by atoms with Crippen LogP contribution in [-0.2, 0) is 9.53 Å². The number of benzene rings is 2. The molecule has 0 aliphatic rings. The zero-order valence-corrected chi connectivity index (χ0v) is 14.8. The summed E-state index contributed by atoms with van der Waals surface area (Å²) in [7, 11) is 0. The number of amides is 1. The molecule has 0 saturated heterocycles. The smallest absolute Gasteiger partial charge is 0.330 e. The standard InChI is InChI=1S/C21H19N3O3/c1-2-27-20(25)13-10-16-8-11-17(12-9-16)23-21(26)19-14-22-15-24(19)18-6-4-3-5-7-18/h3-15H,2H2,1H3,(H,23,26)/b13-10+. The van der Waals surface area contributed by atoms with Gasteiger partial charge in [0, 0.05) is 17.5 Å². The van der Waals surface area contributed by atoms with E-state index >= 15 is 0 Å². The predicted octanol–water partition coefficient (Wildman–Crippen LogP) is 3.70. The monoisotopic (exact) mass is 361 g/mol. The van der Waals surface area contributed by atoms with Crippen molar-refractivity contribution in [3.8, 4) is 5.69 Å². The van der Waals surface area contributed by atoms with E-state index in [1.807, 2.05) is 30.3 Å².